The summed E-state index contributed by atoms with van der Waals surface area (Å²) < 4.78 is 2.49. The molecule has 2 N–H and O–H groups in total. The Morgan fingerprint density at radius 2 is 1.86 bits per heavy atom. The van der Waals surface area contributed by atoms with Crippen LogP contribution in [0.1, 0.15) is 56.7 Å². The maximum Gasteiger partial charge on any atom is 0.273 e. The molecule has 1 aliphatic heterocycles. The highest BCUT2D eigenvalue weighted by Gasteiger charge is 2.38. The van der Waals surface area contributed by atoms with Crippen molar-refractivity contribution in [3.63, 3.8) is 0 Å². The van der Waals surface area contributed by atoms with Crippen molar-refractivity contribution in [2.45, 2.75) is 64.6 Å². The van der Waals surface area contributed by atoms with Crippen molar-refractivity contribution in [2.24, 2.45) is 7.05 Å². The van der Waals surface area contributed by atoms with E-state index < -0.39 is 0 Å². The number of rotatable bonds is 2. The molecule has 0 spiro atoms. The third kappa shape index (κ3) is 3.66. The molecular weight excluding hydrogens is 332 g/mol. The summed E-state index contributed by atoms with van der Waals surface area (Å²) in [6, 6.07) is 0.151. The second kappa shape index (κ2) is 5.39. The lowest BCUT2D eigenvalue weighted by Crippen LogP contribution is -2.62. The molecule has 118 valence electrons. The first-order chi connectivity index (χ1) is 9.51. The molecule has 6 heteroatoms. The molecule has 1 saturated heterocycles. The van der Waals surface area contributed by atoms with Gasteiger partial charge >= 0.3 is 0 Å². The van der Waals surface area contributed by atoms with Gasteiger partial charge in [0.05, 0.1) is 10.2 Å². The highest BCUT2D eigenvalue weighted by molar-refractivity contribution is 9.10. The minimum absolute atomic E-state index is 0.0109. The van der Waals surface area contributed by atoms with E-state index in [9.17, 15) is 4.79 Å². The van der Waals surface area contributed by atoms with E-state index in [1.54, 1.807) is 4.68 Å². The van der Waals surface area contributed by atoms with Crippen LogP contribution in [0.3, 0.4) is 0 Å². The minimum atomic E-state index is -0.107. The van der Waals surface area contributed by atoms with Crippen molar-refractivity contribution in [2.75, 3.05) is 0 Å². The van der Waals surface area contributed by atoms with Crippen LogP contribution in [-0.2, 0) is 7.05 Å². The Balaban J connectivity index is 2.14. The summed E-state index contributed by atoms with van der Waals surface area (Å²) in [4.78, 5) is 12.5. The smallest absolute Gasteiger partial charge is 0.273 e. The van der Waals surface area contributed by atoms with Gasteiger partial charge in [0.2, 0.25) is 0 Å². The summed E-state index contributed by atoms with van der Waals surface area (Å²) in [5.74, 6) is -0.107. The Bertz CT molecular complexity index is 546. The summed E-state index contributed by atoms with van der Waals surface area (Å²) in [7, 11) is 1.84. The van der Waals surface area contributed by atoms with Crippen molar-refractivity contribution in [3.05, 3.63) is 15.9 Å². The molecule has 21 heavy (non-hydrogen) atoms. The molecule has 1 fully saturated rings. The molecule has 1 amide bonds. The largest absolute Gasteiger partial charge is 0.348 e. The summed E-state index contributed by atoms with van der Waals surface area (Å²) >= 11 is 3.45. The zero-order chi connectivity index (χ0) is 16.0. The van der Waals surface area contributed by atoms with Crippen LogP contribution in [0.5, 0.6) is 0 Å². The zero-order valence-electron chi connectivity index (χ0n) is 13.7. The van der Waals surface area contributed by atoms with Crippen LogP contribution in [0.4, 0.5) is 0 Å². The number of hydrogen-bond donors (Lipinski definition) is 2. The standard InChI is InChI=1S/C15H25BrN4O/c1-9-11(16)12(18-20(9)6)13(21)17-10-7-14(2,3)19-15(4,5)8-10/h10,19H,7-8H2,1-6H3,(H,17,21). The van der Waals surface area contributed by atoms with Gasteiger partial charge in [-0.1, -0.05) is 0 Å². The maximum atomic E-state index is 12.5. The average Bonchev–Trinajstić information content (AvgIpc) is 2.52. The first-order valence-corrected chi connectivity index (χ1v) is 8.09. The van der Waals surface area contributed by atoms with E-state index in [0.29, 0.717) is 5.69 Å². The van der Waals surface area contributed by atoms with Gasteiger partial charge < -0.3 is 10.6 Å². The van der Waals surface area contributed by atoms with Crippen molar-refractivity contribution in [1.82, 2.24) is 20.4 Å². The van der Waals surface area contributed by atoms with E-state index in [0.717, 1.165) is 23.0 Å². The molecule has 1 aliphatic rings. The quantitative estimate of drug-likeness (QED) is 0.855. The summed E-state index contributed by atoms with van der Waals surface area (Å²) in [6.07, 6.45) is 1.82. The molecule has 0 radical (unpaired) electrons. The molecule has 1 aromatic rings. The summed E-state index contributed by atoms with van der Waals surface area (Å²) in [5.41, 5.74) is 1.43. The lowest BCUT2D eigenvalue weighted by atomic mass is 9.79. The normalized spacial score (nSPS) is 21.3. The van der Waals surface area contributed by atoms with Gasteiger partial charge in [-0.05, 0) is 63.4 Å². The van der Waals surface area contributed by atoms with Crippen LogP contribution in [0, 0.1) is 6.92 Å². The number of nitrogens with one attached hydrogen (secondary N) is 2. The number of carbonyl (C=O) groups is 1. The molecule has 0 unspecified atom stereocenters. The highest BCUT2D eigenvalue weighted by atomic mass is 79.9. The first-order valence-electron chi connectivity index (χ1n) is 7.30. The SMILES string of the molecule is Cc1c(Br)c(C(=O)NC2CC(C)(C)NC(C)(C)C2)nn1C. The number of halogens is 1. The fourth-order valence-electron chi connectivity index (χ4n) is 3.41. The van der Waals surface area contributed by atoms with Gasteiger partial charge in [-0.15, -0.1) is 0 Å². The number of amides is 1. The van der Waals surface area contributed by atoms with Crippen molar-refractivity contribution in [1.29, 1.82) is 0 Å². The highest BCUT2D eigenvalue weighted by Crippen LogP contribution is 2.29. The van der Waals surface area contributed by atoms with E-state index in [4.69, 9.17) is 0 Å². The minimum Gasteiger partial charge on any atom is -0.348 e. The number of aromatic nitrogens is 2. The van der Waals surface area contributed by atoms with Gasteiger partial charge in [0, 0.05) is 24.2 Å². The van der Waals surface area contributed by atoms with Crippen LogP contribution in [0.2, 0.25) is 0 Å². The molecule has 0 aromatic carbocycles. The van der Waals surface area contributed by atoms with E-state index >= 15 is 0 Å². The second-order valence-electron chi connectivity index (χ2n) is 7.34. The van der Waals surface area contributed by atoms with Gasteiger partial charge in [0.1, 0.15) is 0 Å². The van der Waals surface area contributed by atoms with Crippen molar-refractivity contribution in [3.8, 4) is 0 Å². The molecule has 0 atom stereocenters. The first kappa shape index (κ1) is 16.5. The Morgan fingerprint density at radius 1 is 1.33 bits per heavy atom. The molecule has 2 rings (SSSR count). The predicted molar refractivity (Wildman–Crippen MR) is 87.4 cm³/mol. The molecule has 0 aliphatic carbocycles. The lowest BCUT2D eigenvalue weighted by Gasteiger charge is -2.46. The maximum absolute atomic E-state index is 12.5. The van der Waals surface area contributed by atoms with Crippen LogP contribution >= 0.6 is 15.9 Å². The van der Waals surface area contributed by atoms with Crippen molar-refractivity contribution < 1.29 is 4.79 Å². The molecular formula is C15H25BrN4O. The Hall–Kier alpha value is -0.880. The number of carbonyl (C=O) groups excluding carboxylic acids is 1. The number of nitrogens with zero attached hydrogens (tertiary/aromatic N) is 2. The van der Waals surface area contributed by atoms with Crippen LogP contribution in [0.15, 0.2) is 4.47 Å². The van der Waals surface area contributed by atoms with Gasteiger partial charge in [0.15, 0.2) is 5.69 Å². The predicted octanol–water partition coefficient (Wildman–Crippen LogP) is 2.53. The summed E-state index contributed by atoms with van der Waals surface area (Å²) in [5, 5.41) is 11.1. The van der Waals surface area contributed by atoms with Crippen LogP contribution in [0.25, 0.3) is 0 Å². The van der Waals surface area contributed by atoms with E-state index in [-0.39, 0.29) is 23.0 Å². The summed E-state index contributed by atoms with van der Waals surface area (Å²) in [6.45, 7) is 10.6. The van der Waals surface area contributed by atoms with Crippen LogP contribution in [-0.4, -0.2) is 32.8 Å². The molecule has 1 aromatic heterocycles. The van der Waals surface area contributed by atoms with Crippen LogP contribution < -0.4 is 10.6 Å². The third-order valence-electron chi connectivity index (χ3n) is 4.00. The van der Waals surface area contributed by atoms with E-state index in [1.165, 1.54) is 0 Å². The topological polar surface area (TPSA) is 59.0 Å². The number of aryl methyl sites for hydroxylation is 1. The number of hydrogen-bond acceptors (Lipinski definition) is 3. The zero-order valence-corrected chi connectivity index (χ0v) is 15.3. The van der Waals surface area contributed by atoms with Gasteiger partial charge in [-0.25, -0.2) is 0 Å². The van der Waals surface area contributed by atoms with Gasteiger partial charge in [0.25, 0.3) is 5.91 Å². The van der Waals surface area contributed by atoms with E-state index in [2.05, 4.69) is 59.4 Å². The Morgan fingerprint density at radius 3 is 2.29 bits per heavy atom. The average molecular weight is 357 g/mol. The lowest BCUT2D eigenvalue weighted by molar-refractivity contribution is 0.0867. The fourth-order valence-corrected chi connectivity index (χ4v) is 3.92. The fraction of sp³-hybridized carbons (Fsp3) is 0.733. The third-order valence-corrected chi connectivity index (χ3v) is 4.95. The Kier molecular flexibility index (Phi) is 4.23. The number of piperidine rings is 1. The molecule has 5 nitrogen and oxygen atoms in total. The van der Waals surface area contributed by atoms with Gasteiger partial charge in [-0.3, -0.25) is 9.48 Å². The van der Waals surface area contributed by atoms with E-state index in [1.807, 2.05) is 14.0 Å². The monoisotopic (exact) mass is 356 g/mol. The van der Waals surface area contributed by atoms with Crippen molar-refractivity contribution >= 4 is 21.8 Å². The molecule has 0 bridgehead atoms. The van der Waals surface area contributed by atoms with Gasteiger partial charge in [-0.2, -0.15) is 5.10 Å². The second-order valence-corrected chi connectivity index (χ2v) is 8.14. The molecule has 2 heterocycles. The molecule has 0 saturated carbocycles. The Labute approximate surface area is 135 Å².